The lowest BCUT2D eigenvalue weighted by atomic mass is 9.97. The third-order valence-corrected chi connectivity index (χ3v) is 4.83. The molecule has 3 nitrogen and oxygen atoms in total. The van der Waals surface area contributed by atoms with Gasteiger partial charge in [-0.2, -0.15) is 4.98 Å². The van der Waals surface area contributed by atoms with Crippen molar-refractivity contribution in [3.8, 4) is 16.9 Å². The highest BCUT2D eigenvalue weighted by atomic mass is 35.5. The topological polar surface area (TPSA) is 27.8 Å². The third kappa shape index (κ3) is 4.63. The van der Waals surface area contributed by atoms with E-state index < -0.39 is 0 Å². The molecule has 1 heterocycles. The van der Waals surface area contributed by atoms with Crippen LogP contribution in [0.2, 0.25) is 0 Å². The Hall–Kier alpha value is -1.46. The summed E-state index contributed by atoms with van der Waals surface area (Å²) in [4.78, 5) is 5.06. The standard InChI is InChI=1S/C20H22N2OS.2ClH/c1-22(2)13-18-19(14-8-6-5-7-9-14)17-12-15(23-3)10-11-16(17)20(21-18)24-4;;/h5-12H,13H2,1-4H3;2*1H. The summed E-state index contributed by atoms with van der Waals surface area (Å²) in [6.45, 7) is 0.935. The molecule has 2 N–H and O–H groups in total. The minimum Gasteiger partial charge on any atom is -1.00 e. The number of quaternary nitrogens is 1. The van der Waals surface area contributed by atoms with Crippen LogP contribution in [0, 0.1) is 0 Å². The zero-order chi connectivity index (χ0) is 17.1. The molecule has 140 valence electrons. The largest absolute Gasteiger partial charge is 1.00 e. The Morgan fingerprint density at radius 3 is 2.27 bits per heavy atom. The molecular formula is C20H24Cl2N2OS. The number of pyridine rings is 1. The van der Waals surface area contributed by atoms with Crippen molar-refractivity contribution >= 4 is 22.5 Å². The van der Waals surface area contributed by atoms with E-state index in [0.717, 1.165) is 12.3 Å². The molecule has 26 heavy (non-hydrogen) atoms. The number of ether oxygens (including phenoxy) is 1. The molecule has 3 rings (SSSR count). The SMILES string of the molecule is COc1ccc2c(SC)[nH+]c(C[NH+](C)C)c(-c3ccccc3)c2c1.[Cl-].[Cl-]. The molecule has 0 unspecified atom stereocenters. The van der Waals surface area contributed by atoms with Crippen LogP contribution < -0.4 is 39.4 Å². The summed E-state index contributed by atoms with van der Waals surface area (Å²) >= 11 is 1.75. The van der Waals surface area contributed by atoms with Gasteiger partial charge in [-0.1, -0.05) is 42.1 Å². The average Bonchev–Trinajstić information content (AvgIpc) is 2.60. The van der Waals surface area contributed by atoms with Gasteiger partial charge in [0.15, 0.2) is 6.54 Å². The van der Waals surface area contributed by atoms with Gasteiger partial charge >= 0.3 is 0 Å². The van der Waals surface area contributed by atoms with E-state index in [2.05, 4.69) is 67.8 Å². The number of rotatable bonds is 5. The Balaban J connectivity index is 0.00000169. The van der Waals surface area contributed by atoms with E-state index in [9.17, 15) is 0 Å². The summed E-state index contributed by atoms with van der Waals surface area (Å²) < 4.78 is 5.49. The molecule has 0 amide bonds. The number of nitrogens with one attached hydrogen (secondary N) is 2. The third-order valence-electron chi connectivity index (χ3n) is 4.10. The Morgan fingerprint density at radius 1 is 1.00 bits per heavy atom. The van der Waals surface area contributed by atoms with Crippen molar-refractivity contribution in [2.24, 2.45) is 0 Å². The lowest BCUT2D eigenvalue weighted by Gasteiger charge is -2.13. The first-order valence-corrected chi connectivity index (χ1v) is 9.31. The first-order chi connectivity index (χ1) is 11.6. The maximum absolute atomic E-state index is 5.49. The molecule has 3 aromatic rings. The molecule has 0 aliphatic rings. The van der Waals surface area contributed by atoms with Gasteiger partial charge in [-0.05, 0) is 30.0 Å². The summed E-state index contributed by atoms with van der Waals surface area (Å²) in [5, 5.41) is 3.67. The summed E-state index contributed by atoms with van der Waals surface area (Å²) in [7, 11) is 6.08. The van der Waals surface area contributed by atoms with Crippen LogP contribution in [-0.4, -0.2) is 27.5 Å². The van der Waals surface area contributed by atoms with Crippen molar-refractivity contribution in [2.75, 3.05) is 27.5 Å². The van der Waals surface area contributed by atoms with Crippen molar-refractivity contribution in [2.45, 2.75) is 11.6 Å². The molecule has 0 spiro atoms. The van der Waals surface area contributed by atoms with Gasteiger partial charge in [-0.15, -0.1) is 0 Å². The highest BCUT2D eigenvalue weighted by molar-refractivity contribution is 7.98. The Labute approximate surface area is 172 Å². The Bertz CT molecular complexity index is 857. The van der Waals surface area contributed by atoms with Crippen molar-refractivity contribution in [3.63, 3.8) is 0 Å². The van der Waals surface area contributed by atoms with Crippen molar-refractivity contribution < 1.29 is 39.4 Å². The van der Waals surface area contributed by atoms with Crippen LogP contribution in [0.1, 0.15) is 5.69 Å². The molecule has 0 bridgehead atoms. The fourth-order valence-electron chi connectivity index (χ4n) is 3.07. The number of hydrogen-bond acceptors (Lipinski definition) is 2. The molecule has 0 saturated heterocycles. The van der Waals surface area contributed by atoms with Crippen LogP contribution in [0.15, 0.2) is 53.6 Å². The molecule has 0 atom stereocenters. The van der Waals surface area contributed by atoms with Gasteiger partial charge in [-0.3, -0.25) is 0 Å². The van der Waals surface area contributed by atoms with Crippen LogP contribution in [0.25, 0.3) is 21.9 Å². The molecule has 6 heteroatoms. The van der Waals surface area contributed by atoms with Gasteiger partial charge in [0, 0.05) is 5.39 Å². The molecule has 0 aliphatic carbocycles. The van der Waals surface area contributed by atoms with E-state index in [1.165, 1.54) is 37.5 Å². The molecule has 0 fully saturated rings. The van der Waals surface area contributed by atoms with Crippen LogP contribution in [0.3, 0.4) is 0 Å². The normalized spacial score (nSPS) is 10.3. The molecule has 0 radical (unpaired) electrons. The maximum atomic E-state index is 5.49. The number of methoxy groups -OCH3 is 1. The second kappa shape index (κ2) is 10.0. The predicted octanol–water partition coefficient (Wildman–Crippen LogP) is -3.30. The number of halogens is 2. The van der Waals surface area contributed by atoms with Gasteiger partial charge in [-0.25, -0.2) is 0 Å². The zero-order valence-electron chi connectivity index (χ0n) is 15.4. The van der Waals surface area contributed by atoms with E-state index >= 15 is 0 Å². The lowest BCUT2D eigenvalue weighted by Crippen LogP contribution is -3.04. The fraction of sp³-hybridized carbons (Fsp3) is 0.250. The lowest BCUT2D eigenvalue weighted by molar-refractivity contribution is -0.877. The van der Waals surface area contributed by atoms with E-state index in [-0.39, 0.29) is 24.8 Å². The quantitative estimate of drug-likeness (QED) is 0.446. The summed E-state index contributed by atoms with van der Waals surface area (Å²) in [5.41, 5.74) is 3.76. The van der Waals surface area contributed by atoms with Crippen LogP contribution in [0.5, 0.6) is 5.75 Å². The number of H-pyrrole nitrogens is 1. The minimum atomic E-state index is 0. The Kier molecular flexibility index (Phi) is 8.71. The number of aromatic amines is 1. The fourth-order valence-corrected chi connectivity index (χ4v) is 3.69. The maximum Gasteiger partial charge on any atom is 0.246 e. The smallest absolute Gasteiger partial charge is 0.246 e. The number of benzene rings is 2. The number of hydrogen-bond donors (Lipinski definition) is 1. The first kappa shape index (κ1) is 22.6. The van der Waals surface area contributed by atoms with Gasteiger partial charge in [0.25, 0.3) is 0 Å². The molecule has 0 saturated carbocycles. The van der Waals surface area contributed by atoms with Gasteiger partial charge < -0.3 is 34.5 Å². The second-order valence-corrected chi connectivity index (χ2v) is 6.99. The van der Waals surface area contributed by atoms with E-state index in [1.54, 1.807) is 18.9 Å². The van der Waals surface area contributed by atoms with Gasteiger partial charge in [0.2, 0.25) is 10.7 Å². The Morgan fingerprint density at radius 2 is 1.69 bits per heavy atom. The monoisotopic (exact) mass is 410 g/mol. The average molecular weight is 411 g/mol. The van der Waals surface area contributed by atoms with Crippen molar-refractivity contribution in [1.29, 1.82) is 0 Å². The number of aromatic nitrogens is 1. The summed E-state index contributed by atoms with van der Waals surface area (Å²) in [6, 6.07) is 16.9. The molecular weight excluding hydrogens is 387 g/mol. The van der Waals surface area contributed by atoms with E-state index in [1.807, 2.05) is 6.07 Å². The highest BCUT2D eigenvalue weighted by Crippen LogP contribution is 2.35. The second-order valence-electron chi connectivity index (χ2n) is 6.17. The van der Waals surface area contributed by atoms with E-state index in [0.29, 0.717) is 0 Å². The van der Waals surface area contributed by atoms with Crippen molar-refractivity contribution in [3.05, 3.63) is 54.2 Å². The van der Waals surface area contributed by atoms with Crippen LogP contribution >= 0.6 is 11.8 Å². The van der Waals surface area contributed by atoms with Gasteiger partial charge in [0.1, 0.15) is 5.75 Å². The minimum absolute atomic E-state index is 0. The summed E-state index contributed by atoms with van der Waals surface area (Å²) in [6.07, 6.45) is 2.12. The molecule has 0 aliphatic heterocycles. The number of thioether (sulfide) groups is 1. The first-order valence-electron chi connectivity index (χ1n) is 8.08. The molecule has 2 aromatic carbocycles. The van der Waals surface area contributed by atoms with Crippen molar-refractivity contribution in [1.82, 2.24) is 0 Å². The molecule has 1 aromatic heterocycles. The van der Waals surface area contributed by atoms with Crippen LogP contribution in [-0.2, 0) is 6.54 Å². The van der Waals surface area contributed by atoms with Crippen LogP contribution in [0.4, 0.5) is 0 Å². The predicted molar refractivity (Wildman–Crippen MR) is 101 cm³/mol. The highest BCUT2D eigenvalue weighted by Gasteiger charge is 2.23. The van der Waals surface area contributed by atoms with Gasteiger partial charge in [0.05, 0.1) is 32.2 Å². The summed E-state index contributed by atoms with van der Waals surface area (Å²) in [5.74, 6) is 0.890. The van der Waals surface area contributed by atoms with E-state index in [4.69, 9.17) is 4.74 Å². The number of fused-ring (bicyclic) bond motifs is 1. The zero-order valence-corrected chi connectivity index (χ0v) is 17.7.